The predicted molar refractivity (Wildman–Crippen MR) is 111 cm³/mol. The summed E-state index contributed by atoms with van der Waals surface area (Å²) in [7, 11) is 0. The minimum atomic E-state index is -0.212. The number of aryl methyl sites for hydroxylation is 4. The van der Waals surface area contributed by atoms with Crippen molar-refractivity contribution in [3.8, 4) is 5.75 Å². The van der Waals surface area contributed by atoms with Crippen molar-refractivity contribution in [1.29, 1.82) is 0 Å². The van der Waals surface area contributed by atoms with Gasteiger partial charge in [-0.15, -0.1) is 0 Å². The second-order valence-electron chi connectivity index (χ2n) is 8.26. The lowest BCUT2D eigenvalue weighted by atomic mass is 9.97. The Morgan fingerprint density at radius 1 is 1.17 bits per heavy atom. The number of carbonyl (C=O) groups excluding carboxylic acids is 1. The maximum absolute atomic E-state index is 12.9. The summed E-state index contributed by atoms with van der Waals surface area (Å²) in [6, 6.07) is 6.51. The molecule has 1 fully saturated rings. The lowest BCUT2D eigenvalue weighted by Crippen LogP contribution is -2.50. The van der Waals surface area contributed by atoms with Crippen LogP contribution in [0.3, 0.4) is 0 Å². The molecular formula is C23H31N3O3. The van der Waals surface area contributed by atoms with Gasteiger partial charge in [-0.25, -0.2) is 0 Å². The smallest absolute Gasteiger partial charge is 0.230 e. The first-order valence-corrected chi connectivity index (χ1v) is 10.7. The van der Waals surface area contributed by atoms with E-state index in [0.717, 1.165) is 55.5 Å². The number of ether oxygens (including phenoxy) is 1. The number of rotatable bonds is 6. The van der Waals surface area contributed by atoms with Crippen LogP contribution in [0.15, 0.2) is 22.7 Å². The summed E-state index contributed by atoms with van der Waals surface area (Å²) in [5.74, 6) is 1.67. The second kappa shape index (κ2) is 8.57. The quantitative estimate of drug-likeness (QED) is 0.750. The minimum Gasteiger partial charge on any atom is -0.492 e. The molecule has 1 aromatic heterocycles. The zero-order valence-electron chi connectivity index (χ0n) is 17.7. The summed E-state index contributed by atoms with van der Waals surface area (Å²) in [6.45, 7) is 10.6. The molecule has 1 atom stereocenters. The van der Waals surface area contributed by atoms with Gasteiger partial charge in [-0.05, 0) is 63.3 Å². The standard InChI is InChI=1S/C23H31N3O3/c1-16(22-17(2)24-29-18(22)3)23(27)26-11-9-25(10-12-26)13-14-28-21-8-7-19-5-4-6-20(19)15-21/h7-8,15-16H,4-6,9-14H2,1-3H3. The Kier molecular flexibility index (Phi) is 5.90. The molecule has 6 nitrogen and oxygen atoms in total. The first-order chi connectivity index (χ1) is 14.0. The number of fused-ring (bicyclic) bond motifs is 1. The highest BCUT2D eigenvalue weighted by Gasteiger charge is 2.29. The third-order valence-electron chi connectivity index (χ3n) is 6.32. The minimum absolute atomic E-state index is 0.161. The van der Waals surface area contributed by atoms with Crippen molar-refractivity contribution in [3.05, 3.63) is 46.3 Å². The van der Waals surface area contributed by atoms with Crippen molar-refractivity contribution < 1.29 is 14.1 Å². The van der Waals surface area contributed by atoms with E-state index in [1.807, 2.05) is 25.7 Å². The van der Waals surface area contributed by atoms with Crippen LogP contribution in [0.5, 0.6) is 5.75 Å². The van der Waals surface area contributed by atoms with Gasteiger partial charge in [0, 0.05) is 38.3 Å². The van der Waals surface area contributed by atoms with Crippen LogP contribution in [0.2, 0.25) is 0 Å². The van der Waals surface area contributed by atoms with Gasteiger partial charge < -0.3 is 14.2 Å². The molecule has 0 bridgehead atoms. The molecule has 1 aliphatic heterocycles. The SMILES string of the molecule is Cc1noc(C)c1C(C)C(=O)N1CCN(CCOc2ccc3c(c2)CCC3)CC1. The van der Waals surface area contributed by atoms with Gasteiger partial charge in [0.15, 0.2) is 0 Å². The van der Waals surface area contributed by atoms with Gasteiger partial charge in [-0.1, -0.05) is 11.2 Å². The highest BCUT2D eigenvalue weighted by atomic mass is 16.5. The zero-order valence-corrected chi connectivity index (χ0v) is 17.7. The van der Waals surface area contributed by atoms with E-state index in [-0.39, 0.29) is 11.8 Å². The largest absolute Gasteiger partial charge is 0.492 e. The molecule has 4 rings (SSSR count). The second-order valence-corrected chi connectivity index (χ2v) is 8.26. The molecule has 6 heteroatoms. The van der Waals surface area contributed by atoms with E-state index in [9.17, 15) is 4.79 Å². The molecule has 1 aliphatic carbocycles. The monoisotopic (exact) mass is 397 g/mol. The van der Waals surface area contributed by atoms with E-state index in [1.54, 1.807) is 0 Å². The molecule has 0 spiro atoms. The number of piperazine rings is 1. The Morgan fingerprint density at radius 2 is 1.93 bits per heavy atom. The molecule has 2 aliphatic rings. The van der Waals surface area contributed by atoms with E-state index >= 15 is 0 Å². The van der Waals surface area contributed by atoms with E-state index < -0.39 is 0 Å². The Hall–Kier alpha value is -2.34. The summed E-state index contributed by atoms with van der Waals surface area (Å²) < 4.78 is 11.2. The Morgan fingerprint density at radius 3 is 2.66 bits per heavy atom. The third-order valence-corrected chi connectivity index (χ3v) is 6.32. The average molecular weight is 398 g/mol. The predicted octanol–water partition coefficient (Wildman–Crippen LogP) is 3.11. The highest BCUT2D eigenvalue weighted by Crippen LogP contribution is 2.27. The van der Waals surface area contributed by atoms with Crippen molar-refractivity contribution in [2.24, 2.45) is 0 Å². The van der Waals surface area contributed by atoms with E-state index in [4.69, 9.17) is 9.26 Å². The molecule has 0 N–H and O–H groups in total. The molecule has 156 valence electrons. The number of aromatic nitrogens is 1. The first kappa shape index (κ1) is 20.0. The molecule has 1 unspecified atom stereocenters. The molecule has 29 heavy (non-hydrogen) atoms. The molecule has 2 aromatic rings. The molecule has 0 saturated carbocycles. The lowest BCUT2D eigenvalue weighted by Gasteiger charge is -2.35. The normalized spacial score (nSPS) is 18.0. The van der Waals surface area contributed by atoms with Crippen LogP contribution in [0.1, 0.15) is 47.4 Å². The van der Waals surface area contributed by atoms with Crippen molar-refractivity contribution in [3.63, 3.8) is 0 Å². The van der Waals surface area contributed by atoms with Crippen LogP contribution < -0.4 is 4.74 Å². The Bertz CT molecular complexity index is 849. The van der Waals surface area contributed by atoms with Crippen LogP contribution in [0, 0.1) is 13.8 Å². The molecule has 1 amide bonds. The van der Waals surface area contributed by atoms with Gasteiger partial charge in [0.2, 0.25) is 5.91 Å². The van der Waals surface area contributed by atoms with Gasteiger partial charge in [0.1, 0.15) is 18.1 Å². The van der Waals surface area contributed by atoms with Gasteiger partial charge in [-0.2, -0.15) is 0 Å². The summed E-state index contributed by atoms with van der Waals surface area (Å²) >= 11 is 0. The summed E-state index contributed by atoms with van der Waals surface area (Å²) in [5, 5.41) is 3.99. The number of hydrogen-bond acceptors (Lipinski definition) is 5. The maximum Gasteiger partial charge on any atom is 0.230 e. The molecule has 1 saturated heterocycles. The van der Waals surface area contributed by atoms with E-state index in [0.29, 0.717) is 6.61 Å². The van der Waals surface area contributed by atoms with Crippen LogP contribution in [0.25, 0.3) is 0 Å². The van der Waals surface area contributed by atoms with Gasteiger partial charge in [0.25, 0.3) is 0 Å². The van der Waals surface area contributed by atoms with Crippen molar-refractivity contribution in [1.82, 2.24) is 15.0 Å². The van der Waals surface area contributed by atoms with Crippen molar-refractivity contribution in [2.45, 2.75) is 46.0 Å². The summed E-state index contributed by atoms with van der Waals surface area (Å²) in [4.78, 5) is 17.3. The van der Waals surface area contributed by atoms with Crippen LogP contribution in [-0.4, -0.2) is 60.2 Å². The van der Waals surface area contributed by atoms with Gasteiger partial charge in [-0.3, -0.25) is 9.69 Å². The maximum atomic E-state index is 12.9. The lowest BCUT2D eigenvalue weighted by molar-refractivity contribution is -0.134. The Balaban J connectivity index is 1.23. The fourth-order valence-electron chi connectivity index (χ4n) is 4.63. The Labute approximate surface area is 172 Å². The van der Waals surface area contributed by atoms with Crippen molar-refractivity contribution >= 4 is 5.91 Å². The number of amides is 1. The number of benzene rings is 1. The van der Waals surface area contributed by atoms with Crippen LogP contribution in [0.4, 0.5) is 0 Å². The fraction of sp³-hybridized carbons (Fsp3) is 0.565. The van der Waals surface area contributed by atoms with E-state index in [2.05, 4.69) is 28.3 Å². The van der Waals surface area contributed by atoms with Crippen LogP contribution >= 0.6 is 0 Å². The molecular weight excluding hydrogens is 366 g/mol. The molecule has 2 heterocycles. The highest BCUT2D eigenvalue weighted by molar-refractivity contribution is 5.84. The first-order valence-electron chi connectivity index (χ1n) is 10.7. The number of nitrogens with zero attached hydrogens (tertiary/aromatic N) is 3. The number of hydrogen-bond donors (Lipinski definition) is 0. The molecule has 1 aromatic carbocycles. The van der Waals surface area contributed by atoms with E-state index in [1.165, 1.54) is 30.4 Å². The summed E-state index contributed by atoms with van der Waals surface area (Å²) in [6.07, 6.45) is 3.64. The van der Waals surface area contributed by atoms with Crippen molar-refractivity contribution in [2.75, 3.05) is 39.3 Å². The van der Waals surface area contributed by atoms with Gasteiger partial charge in [0.05, 0.1) is 11.6 Å². The molecule has 0 radical (unpaired) electrons. The fourth-order valence-corrected chi connectivity index (χ4v) is 4.63. The zero-order chi connectivity index (χ0) is 20.4. The average Bonchev–Trinajstić information content (AvgIpc) is 3.33. The summed E-state index contributed by atoms with van der Waals surface area (Å²) in [5.41, 5.74) is 4.66. The third kappa shape index (κ3) is 4.32. The number of carbonyl (C=O) groups is 1. The van der Waals surface area contributed by atoms with Crippen LogP contribution in [-0.2, 0) is 17.6 Å². The van der Waals surface area contributed by atoms with Gasteiger partial charge >= 0.3 is 0 Å². The topological polar surface area (TPSA) is 58.8 Å².